The van der Waals surface area contributed by atoms with E-state index in [-0.39, 0.29) is 24.5 Å². The smallest absolute Gasteiger partial charge is 0.261 e. The summed E-state index contributed by atoms with van der Waals surface area (Å²) in [4.78, 5) is 27.9. The Hall–Kier alpha value is -2.34. The molecule has 0 saturated heterocycles. The largest absolute Gasteiger partial charge is 0.483 e. The zero-order valence-electron chi connectivity index (χ0n) is 19.9. The molecule has 1 atom stereocenters. The normalized spacial score (nSPS) is 15.0. The van der Waals surface area contributed by atoms with Gasteiger partial charge in [-0.15, -0.1) is 0 Å². The van der Waals surface area contributed by atoms with Gasteiger partial charge in [0.1, 0.15) is 11.8 Å². The van der Waals surface area contributed by atoms with Crippen LogP contribution in [-0.2, 0) is 22.6 Å². The van der Waals surface area contributed by atoms with E-state index in [1.165, 1.54) is 12.0 Å². The fourth-order valence-corrected chi connectivity index (χ4v) is 4.69. The van der Waals surface area contributed by atoms with Gasteiger partial charge in [0.2, 0.25) is 5.91 Å². The lowest BCUT2D eigenvalue weighted by Gasteiger charge is -2.31. The van der Waals surface area contributed by atoms with E-state index in [1.54, 1.807) is 11.8 Å². The van der Waals surface area contributed by atoms with Crippen molar-refractivity contribution in [3.05, 3.63) is 63.6 Å². The summed E-state index contributed by atoms with van der Waals surface area (Å²) in [6.07, 6.45) is 6.46. The number of ether oxygens (including phenoxy) is 1. The highest BCUT2D eigenvalue weighted by atomic mass is 79.9. The molecule has 0 aliphatic heterocycles. The molecule has 1 saturated carbocycles. The summed E-state index contributed by atoms with van der Waals surface area (Å²) in [5.41, 5.74) is 3.33. The number of nitrogens with zero attached hydrogens (tertiary/aromatic N) is 1. The van der Waals surface area contributed by atoms with E-state index in [0.29, 0.717) is 12.3 Å². The van der Waals surface area contributed by atoms with Gasteiger partial charge >= 0.3 is 0 Å². The Morgan fingerprint density at radius 2 is 1.76 bits per heavy atom. The summed E-state index contributed by atoms with van der Waals surface area (Å²) in [5, 5.41) is 3.16. The molecule has 178 valence electrons. The van der Waals surface area contributed by atoms with Crippen LogP contribution >= 0.6 is 15.9 Å². The molecule has 0 spiro atoms. The molecule has 3 rings (SSSR count). The van der Waals surface area contributed by atoms with Crippen LogP contribution in [0.25, 0.3) is 0 Å². The van der Waals surface area contributed by atoms with Crippen LogP contribution in [0.4, 0.5) is 0 Å². The van der Waals surface area contributed by atoms with Gasteiger partial charge in [-0.25, -0.2) is 0 Å². The quantitative estimate of drug-likeness (QED) is 0.476. The van der Waals surface area contributed by atoms with Crippen molar-refractivity contribution in [2.75, 3.05) is 6.61 Å². The average molecular weight is 515 g/mol. The molecule has 0 bridgehead atoms. The standard InChI is InChI=1S/C27H35BrN2O3/c1-4-21-14-15-25(24(28)16-21)33-18-26(31)30(17-22-12-10-19(2)11-13-22)20(3)27(32)29-23-8-6-5-7-9-23/h10-16,20,23H,4-9,17-18H2,1-3H3,(H,29,32)/t20-/m1/s1. The highest BCUT2D eigenvalue weighted by molar-refractivity contribution is 9.10. The average Bonchev–Trinajstić information content (AvgIpc) is 2.82. The number of carbonyl (C=O) groups is 2. The summed E-state index contributed by atoms with van der Waals surface area (Å²) in [6, 6.07) is 13.5. The highest BCUT2D eigenvalue weighted by Crippen LogP contribution is 2.26. The second kappa shape index (κ2) is 12.2. The number of aryl methyl sites for hydroxylation is 2. The SMILES string of the molecule is CCc1ccc(OCC(=O)N(Cc2ccc(C)cc2)[C@H](C)C(=O)NC2CCCCC2)c(Br)c1. The minimum atomic E-state index is -0.588. The van der Waals surface area contributed by atoms with Gasteiger partial charge in [-0.1, -0.05) is 62.1 Å². The monoisotopic (exact) mass is 514 g/mol. The lowest BCUT2D eigenvalue weighted by molar-refractivity contribution is -0.142. The van der Waals surface area contributed by atoms with Gasteiger partial charge < -0.3 is 15.0 Å². The van der Waals surface area contributed by atoms with Crippen molar-refractivity contribution in [3.63, 3.8) is 0 Å². The second-order valence-corrected chi connectivity index (χ2v) is 9.79. The number of nitrogens with one attached hydrogen (secondary N) is 1. The van der Waals surface area contributed by atoms with Crippen LogP contribution in [0.1, 0.15) is 62.6 Å². The molecular weight excluding hydrogens is 480 g/mol. The molecule has 5 nitrogen and oxygen atoms in total. The van der Waals surface area contributed by atoms with Crippen molar-refractivity contribution < 1.29 is 14.3 Å². The Morgan fingerprint density at radius 3 is 2.39 bits per heavy atom. The van der Waals surface area contributed by atoms with E-state index in [4.69, 9.17) is 4.74 Å². The Labute approximate surface area is 206 Å². The van der Waals surface area contributed by atoms with E-state index >= 15 is 0 Å². The molecule has 0 radical (unpaired) electrons. The second-order valence-electron chi connectivity index (χ2n) is 8.93. The Balaban J connectivity index is 1.71. The highest BCUT2D eigenvalue weighted by Gasteiger charge is 2.28. The van der Waals surface area contributed by atoms with E-state index in [9.17, 15) is 9.59 Å². The third-order valence-corrected chi connectivity index (χ3v) is 6.97. The summed E-state index contributed by atoms with van der Waals surface area (Å²) < 4.78 is 6.67. The number of hydrogen-bond acceptors (Lipinski definition) is 3. The molecule has 2 aromatic rings. The van der Waals surface area contributed by atoms with Crippen LogP contribution in [0.15, 0.2) is 46.9 Å². The number of rotatable bonds is 9. The van der Waals surface area contributed by atoms with Gasteiger partial charge in [0.25, 0.3) is 5.91 Å². The fourth-order valence-electron chi connectivity index (χ4n) is 4.15. The van der Waals surface area contributed by atoms with Gasteiger partial charge in [-0.05, 0) is 72.3 Å². The molecule has 1 aliphatic carbocycles. The van der Waals surface area contributed by atoms with Crippen LogP contribution in [0.3, 0.4) is 0 Å². The third kappa shape index (κ3) is 7.32. The van der Waals surface area contributed by atoms with Gasteiger partial charge in [-0.3, -0.25) is 9.59 Å². The van der Waals surface area contributed by atoms with Crippen molar-refractivity contribution in [2.45, 2.75) is 77.9 Å². The maximum absolute atomic E-state index is 13.3. The molecule has 1 fully saturated rings. The first kappa shape index (κ1) is 25.3. The Bertz CT molecular complexity index is 939. The maximum Gasteiger partial charge on any atom is 0.261 e. The zero-order chi connectivity index (χ0) is 23.8. The molecule has 1 aliphatic rings. The van der Waals surface area contributed by atoms with Crippen molar-refractivity contribution in [2.24, 2.45) is 0 Å². The van der Waals surface area contributed by atoms with Crippen molar-refractivity contribution in [1.82, 2.24) is 10.2 Å². The zero-order valence-corrected chi connectivity index (χ0v) is 21.5. The van der Waals surface area contributed by atoms with Crippen LogP contribution in [0.5, 0.6) is 5.75 Å². The maximum atomic E-state index is 13.3. The van der Waals surface area contributed by atoms with Crippen molar-refractivity contribution >= 4 is 27.7 Å². The molecule has 33 heavy (non-hydrogen) atoms. The first-order valence-electron chi connectivity index (χ1n) is 11.9. The fraction of sp³-hybridized carbons (Fsp3) is 0.481. The van der Waals surface area contributed by atoms with Crippen LogP contribution < -0.4 is 10.1 Å². The molecule has 0 heterocycles. The summed E-state index contributed by atoms with van der Waals surface area (Å²) in [6.45, 7) is 6.15. The topological polar surface area (TPSA) is 58.6 Å². The number of amides is 2. The van der Waals surface area contributed by atoms with Crippen molar-refractivity contribution in [1.29, 1.82) is 0 Å². The predicted molar refractivity (Wildman–Crippen MR) is 135 cm³/mol. The van der Waals surface area contributed by atoms with Crippen LogP contribution in [0, 0.1) is 6.92 Å². The van der Waals surface area contributed by atoms with E-state index in [1.807, 2.05) is 49.4 Å². The van der Waals surface area contributed by atoms with Crippen molar-refractivity contribution in [3.8, 4) is 5.75 Å². The van der Waals surface area contributed by atoms with Gasteiger partial charge in [-0.2, -0.15) is 0 Å². The summed E-state index contributed by atoms with van der Waals surface area (Å²) in [7, 11) is 0. The van der Waals surface area contributed by atoms with E-state index in [2.05, 4.69) is 28.2 Å². The molecular formula is C27H35BrN2O3. The number of halogens is 1. The summed E-state index contributed by atoms with van der Waals surface area (Å²) >= 11 is 3.53. The minimum absolute atomic E-state index is 0.101. The number of hydrogen-bond donors (Lipinski definition) is 1. The molecule has 6 heteroatoms. The first-order valence-corrected chi connectivity index (χ1v) is 12.7. The van der Waals surface area contributed by atoms with Gasteiger partial charge in [0.15, 0.2) is 6.61 Å². The first-order chi connectivity index (χ1) is 15.9. The summed E-state index contributed by atoms with van der Waals surface area (Å²) in [5.74, 6) is 0.305. The van der Waals surface area contributed by atoms with Gasteiger partial charge in [0, 0.05) is 12.6 Å². The van der Waals surface area contributed by atoms with Gasteiger partial charge in [0.05, 0.1) is 4.47 Å². The van der Waals surface area contributed by atoms with Crippen LogP contribution in [0.2, 0.25) is 0 Å². The molecule has 0 unspecified atom stereocenters. The number of carbonyl (C=O) groups excluding carboxylic acids is 2. The lowest BCUT2D eigenvalue weighted by Crippen LogP contribution is -2.51. The predicted octanol–water partition coefficient (Wildman–Crippen LogP) is 5.56. The molecule has 1 N–H and O–H groups in total. The Morgan fingerprint density at radius 1 is 1.09 bits per heavy atom. The van der Waals surface area contributed by atoms with E-state index < -0.39 is 6.04 Å². The Kier molecular flexibility index (Phi) is 9.36. The lowest BCUT2D eigenvalue weighted by atomic mass is 9.95. The van der Waals surface area contributed by atoms with Crippen LogP contribution in [-0.4, -0.2) is 35.4 Å². The number of benzene rings is 2. The van der Waals surface area contributed by atoms with E-state index in [0.717, 1.165) is 47.7 Å². The third-order valence-electron chi connectivity index (χ3n) is 6.35. The molecule has 2 aromatic carbocycles. The molecule has 2 amide bonds. The minimum Gasteiger partial charge on any atom is -0.483 e. The molecule has 0 aromatic heterocycles.